The van der Waals surface area contributed by atoms with E-state index in [0.717, 1.165) is 35.7 Å². The molecule has 142 valence electrons. The molecular weight excluding hydrogens is 380 g/mol. The van der Waals surface area contributed by atoms with Gasteiger partial charge in [-0.25, -0.2) is 13.8 Å². The third-order valence-corrected chi connectivity index (χ3v) is 6.80. The summed E-state index contributed by atoms with van der Waals surface area (Å²) in [6.07, 6.45) is 1.73. The maximum atomic E-state index is 14.4. The minimum Gasteiger partial charge on any atom is -0.273 e. The molecule has 0 fully saturated rings. The molecule has 2 aliphatic rings. The summed E-state index contributed by atoms with van der Waals surface area (Å²) in [4.78, 5) is 11.6. The summed E-state index contributed by atoms with van der Waals surface area (Å²) in [6, 6.07) is 13.2. The van der Waals surface area contributed by atoms with Gasteiger partial charge in [0.25, 0.3) is 0 Å². The molecule has 1 heterocycles. The normalized spacial score (nSPS) is 23.3. The van der Waals surface area contributed by atoms with Crippen molar-refractivity contribution in [2.24, 2.45) is 11.0 Å². The van der Waals surface area contributed by atoms with Gasteiger partial charge in [0.2, 0.25) is 5.91 Å². The molecule has 0 bridgehead atoms. The Bertz CT molecular complexity index is 1030. The minimum atomic E-state index is -0.940. The summed E-state index contributed by atoms with van der Waals surface area (Å²) in [7, 11) is 0. The van der Waals surface area contributed by atoms with Crippen LogP contribution in [0.3, 0.4) is 0 Å². The summed E-state index contributed by atoms with van der Waals surface area (Å²) in [6.45, 7) is 1.40. The van der Waals surface area contributed by atoms with Crippen molar-refractivity contribution in [3.63, 3.8) is 0 Å². The number of nitrogens with zero attached hydrogens (tertiary/aromatic N) is 3. The Kier molecular flexibility index (Phi) is 4.68. The lowest BCUT2D eigenvalue weighted by Crippen LogP contribution is -2.48. The number of amides is 1. The summed E-state index contributed by atoms with van der Waals surface area (Å²) in [5.41, 5.74) is 2.00. The zero-order valence-electron chi connectivity index (χ0n) is 15.2. The Morgan fingerprint density at radius 3 is 2.89 bits per heavy atom. The first-order valence-corrected chi connectivity index (χ1v) is 9.78. The van der Waals surface area contributed by atoms with Crippen LogP contribution in [0.15, 0.2) is 47.6 Å². The van der Waals surface area contributed by atoms with Crippen molar-refractivity contribution in [2.45, 2.75) is 31.1 Å². The molecule has 0 N–H and O–H groups in total. The zero-order chi connectivity index (χ0) is 19.9. The van der Waals surface area contributed by atoms with Crippen LogP contribution in [0.1, 0.15) is 36.5 Å². The van der Waals surface area contributed by atoms with E-state index in [0.29, 0.717) is 6.42 Å². The number of benzene rings is 2. The molecule has 0 radical (unpaired) electrons. The van der Waals surface area contributed by atoms with E-state index in [1.165, 1.54) is 23.7 Å². The SMILES string of the molecule is CC(=O)N1N=C(c2cc(F)ccc2F)S[C@]12c1ccccc1CC[C@H]2CC#N. The fraction of sp³-hybridized carbons (Fsp3) is 0.286. The second-order valence-corrected chi connectivity index (χ2v) is 8.13. The molecule has 0 saturated carbocycles. The van der Waals surface area contributed by atoms with Gasteiger partial charge in [-0.15, -0.1) is 0 Å². The molecule has 4 rings (SSSR count). The van der Waals surface area contributed by atoms with Gasteiger partial charge in [-0.1, -0.05) is 36.0 Å². The maximum Gasteiger partial charge on any atom is 0.241 e. The van der Waals surface area contributed by atoms with Gasteiger partial charge in [0, 0.05) is 24.8 Å². The zero-order valence-corrected chi connectivity index (χ0v) is 16.0. The first kappa shape index (κ1) is 18.6. The molecule has 28 heavy (non-hydrogen) atoms. The smallest absolute Gasteiger partial charge is 0.241 e. The number of carbonyl (C=O) groups is 1. The molecule has 7 heteroatoms. The average molecular weight is 397 g/mol. The second-order valence-electron chi connectivity index (χ2n) is 6.91. The fourth-order valence-corrected chi connectivity index (χ4v) is 5.68. The highest BCUT2D eigenvalue weighted by atomic mass is 32.2. The summed E-state index contributed by atoms with van der Waals surface area (Å²) < 4.78 is 28.2. The fourth-order valence-electron chi connectivity index (χ4n) is 4.06. The van der Waals surface area contributed by atoms with Gasteiger partial charge >= 0.3 is 0 Å². The molecule has 1 amide bonds. The molecule has 0 aromatic heterocycles. The predicted molar refractivity (Wildman–Crippen MR) is 103 cm³/mol. The van der Waals surface area contributed by atoms with Crippen LogP contribution in [0.5, 0.6) is 0 Å². The number of aryl methyl sites for hydroxylation is 1. The first-order valence-electron chi connectivity index (χ1n) is 8.96. The van der Waals surface area contributed by atoms with Gasteiger partial charge in [-0.05, 0) is 42.2 Å². The Balaban J connectivity index is 1.91. The van der Waals surface area contributed by atoms with Gasteiger partial charge in [-0.3, -0.25) is 4.79 Å². The van der Waals surface area contributed by atoms with E-state index in [1.54, 1.807) is 0 Å². The highest BCUT2D eigenvalue weighted by Gasteiger charge is 2.55. The third kappa shape index (κ3) is 2.80. The van der Waals surface area contributed by atoms with Crippen LogP contribution >= 0.6 is 11.8 Å². The lowest BCUT2D eigenvalue weighted by Gasteiger charge is -2.45. The minimum absolute atomic E-state index is 0.0203. The summed E-state index contributed by atoms with van der Waals surface area (Å²) in [5, 5.41) is 15.4. The van der Waals surface area contributed by atoms with Gasteiger partial charge in [0.15, 0.2) is 0 Å². The number of hydrazone groups is 1. The molecule has 2 aromatic carbocycles. The van der Waals surface area contributed by atoms with Crippen molar-refractivity contribution in [1.82, 2.24) is 5.01 Å². The predicted octanol–water partition coefficient (Wildman–Crippen LogP) is 4.55. The van der Waals surface area contributed by atoms with E-state index < -0.39 is 16.5 Å². The van der Waals surface area contributed by atoms with Crippen LogP contribution < -0.4 is 0 Å². The molecule has 1 spiro atoms. The molecule has 2 aromatic rings. The number of thioether (sulfide) groups is 1. The van der Waals surface area contributed by atoms with Gasteiger partial charge in [-0.2, -0.15) is 10.4 Å². The van der Waals surface area contributed by atoms with Crippen LogP contribution in [-0.2, 0) is 16.1 Å². The van der Waals surface area contributed by atoms with Gasteiger partial charge in [0.1, 0.15) is 21.5 Å². The van der Waals surface area contributed by atoms with Crippen LogP contribution in [0.4, 0.5) is 8.78 Å². The van der Waals surface area contributed by atoms with E-state index in [9.17, 15) is 18.8 Å². The number of carbonyl (C=O) groups excluding carboxylic acids is 1. The quantitative estimate of drug-likeness (QED) is 0.747. The molecule has 0 saturated heterocycles. The van der Waals surface area contributed by atoms with Gasteiger partial charge in [0.05, 0.1) is 6.07 Å². The molecular formula is C21H17F2N3OS. The Morgan fingerprint density at radius 2 is 2.14 bits per heavy atom. The average Bonchev–Trinajstić information content (AvgIpc) is 3.08. The summed E-state index contributed by atoms with van der Waals surface area (Å²) >= 11 is 1.23. The second kappa shape index (κ2) is 7.02. The largest absolute Gasteiger partial charge is 0.273 e. The number of rotatable bonds is 2. The van der Waals surface area contributed by atoms with Crippen LogP contribution in [0.25, 0.3) is 0 Å². The monoisotopic (exact) mass is 397 g/mol. The standard InChI is InChI=1S/C21H17F2N3OS/c1-13(27)26-21(28-20(25-26)17-12-16(22)8-9-19(17)23)15(10-11-24)7-6-14-4-2-3-5-18(14)21/h2-5,8-9,12,15H,6-7,10H2,1H3/t15-,21+/m0/s1. The number of hydrogen-bond acceptors (Lipinski definition) is 4. The highest BCUT2D eigenvalue weighted by Crippen LogP contribution is 2.57. The van der Waals surface area contributed by atoms with Crippen molar-refractivity contribution < 1.29 is 13.6 Å². The van der Waals surface area contributed by atoms with Crippen molar-refractivity contribution in [3.8, 4) is 6.07 Å². The molecule has 0 unspecified atom stereocenters. The van der Waals surface area contributed by atoms with E-state index in [2.05, 4.69) is 11.2 Å². The number of fused-ring (bicyclic) bond motifs is 2. The first-order chi connectivity index (χ1) is 13.5. The Labute approximate surface area is 165 Å². The molecule has 1 aliphatic carbocycles. The van der Waals surface area contributed by atoms with Crippen molar-refractivity contribution in [1.29, 1.82) is 5.26 Å². The van der Waals surface area contributed by atoms with Crippen LogP contribution in [-0.4, -0.2) is 16.0 Å². The van der Waals surface area contributed by atoms with Gasteiger partial charge < -0.3 is 0 Å². The molecule has 4 nitrogen and oxygen atoms in total. The van der Waals surface area contributed by atoms with Crippen molar-refractivity contribution >= 4 is 22.7 Å². The van der Waals surface area contributed by atoms with Crippen molar-refractivity contribution in [3.05, 3.63) is 70.8 Å². The van der Waals surface area contributed by atoms with E-state index >= 15 is 0 Å². The van der Waals surface area contributed by atoms with E-state index in [1.807, 2.05) is 24.3 Å². The summed E-state index contributed by atoms with van der Waals surface area (Å²) in [5.74, 6) is -1.67. The van der Waals surface area contributed by atoms with Crippen molar-refractivity contribution in [2.75, 3.05) is 0 Å². The lowest BCUT2D eigenvalue weighted by molar-refractivity contribution is -0.134. The topological polar surface area (TPSA) is 56.5 Å². The highest BCUT2D eigenvalue weighted by molar-refractivity contribution is 8.15. The lowest BCUT2D eigenvalue weighted by atomic mass is 9.77. The van der Waals surface area contributed by atoms with E-state index in [-0.39, 0.29) is 28.9 Å². The Morgan fingerprint density at radius 1 is 1.36 bits per heavy atom. The Hall–Kier alpha value is -2.72. The molecule has 1 aliphatic heterocycles. The number of hydrogen-bond donors (Lipinski definition) is 0. The van der Waals surface area contributed by atoms with E-state index in [4.69, 9.17) is 0 Å². The molecule has 2 atom stereocenters. The van der Waals surface area contributed by atoms with Crippen LogP contribution in [0, 0.1) is 28.9 Å². The number of nitriles is 1. The van der Waals surface area contributed by atoms with Crippen LogP contribution in [0.2, 0.25) is 0 Å². The maximum absolute atomic E-state index is 14.4. The third-order valence-electron chi connectivity index (χ3n) is 5.27. The number of halogens is 2.